The molecule has 0 saturated carbocycles. The van der Waals surface area contributed by atoms with Gasteiger partial charge < -0.3 is 0 Å². The third-order valence-electron chi connectivity index (χ3n) is 2.32. The number of hydrogen-bond acceptors (Lipinski definition) is 3. The van der Waals surface area contributed by atoms with Crippen LogP contribution in [0, 0.1) is 0 Å². The fourth-order valence-corrected chi connectivity index (χ4v) is 2.42. The Morgan fingerprint density at radius 1 is 1.24 bits per heavy atom. The summed E-state index contributed by atoms with van der Waals surface area (Å²) < 4.78 is 0. The first-order valence-corrected chi connectivity index (χ1v) is 7.30. The van der Waals surface area contributed by atoms with E-state index in [1.807, 2.05) is 54.1 Å². The number of allylic oxidation sites excluding steroid dienone is 1. The molecule has 0 N–H and O–H groups in total. The summed E-state index contributed by atoms with van der Waals surface area (Å²) in [6.45, 7) is 0. The van der Waals surface area contributed by atoms with Crippen LogP contribution in [-0.2, 0) is 0 Å². The van der Waals surface area contributed by atoms with Crippen LogP contribution in [0.4, 0.5) is 0 Å². The molecule has 0 atom stereocenters. The van der Waals surface area contributed by atoms with Crippen LogP contribution in [0.3, 0.4) is 0 Å². The second-order valence-electron chi connectivity index (χ2n) is 3.44. The Morgan fingerprint density at radius 3 is 2.59 bits per heavy atom. The van der Waals surface area contributed by atoms with Crippen LogP contribution >= 0.6 is 23.1 Å². The highest BCUT2D eigenvalue weighted by atomic mass is 32.2. The average molecular weight is 260 g/mol. The van der Waals surface area contributed by atoms with Gasteiger partial charge in [-0.05, 0) is 54.1 Å². The van der Waals surface area contributed by atoms with Gasteiger partial charge in [0.25, 0.3) is 0 Å². The second-order valence-corrected chi connectivity index (χ2v) is 5.30. The van der Waals surface area contributed by atoms with Gasteiger partial charge >= 0.3 is 0 Å². The molecule has 0 unspecified atom stereocenters. The number of carbonyl (C=O) groups is 1. The summed E-state index contributed by atoms with van der Waals surface area (Å²) in [7, 11) is 0. The SMILES string of the molecule is CSc1ccc(C(=O)/C=C/c2cccs2)cc1. The fourth-order valence-electron chi connectivity index (χ4n) is 1.40. The van der Waals surface area contributed by atoms with Crippen molar-refractivity contribution >= 4 is 35.0 Å². The van der Waals surface area contributed by atoms with E-state index in [9.17, 15) is 4.79 Å². The standard InChI is InChI=1S/C14H12OS2/c1-16-12-6-4-11(5-7-12)14(15)9-8-13-3-2-10-17-13/h2-10H,1H3/b9-8+. The number of rotatable bonds is 4. The highest BCUT2D eigenvalue weighted by Gasteiger charge is 2.01. The molecule has 1 aromatic carbocycles. The van der Waals surface area contributed by atoms with Crippen molar-refractivity contribution in [2.75, 3.05) is 6.26 Å². The molecule has 17 heavy (non-hydrogen) atoms. The molecular weight excluding hydrogens is 248 g/mol. The monoisotopic (exact) mass is 260 g/mol. The Bertz CT molecular complexity index is 510. The Morgan fingerprint density at radius 2 is 2.00 bits per heavy atom. The van der Waals surface area contributed by atoms with Crippen molar-refractivity contribution in [2.45, 2.75) is 4.90 Å². The maximum atomic E-state index is 11.9. The molecule has 0 amide bonds. The summed E-state index contributed by atoms with van der Waals surface area (Å²) in [4.78, 5) is 14.1. The minimum atomic E-state index is 0.0473. The number of benzene rings is 1. The van der Waals surface area contributed by atoms with E-state index >= 15 is 0 Å². The lowest BCUT2D eigenvalue weighted by molar-refractivity contribution is 0.104. The second kappa shape index (κ2) is 5.84. The van der Waals surface area contributed by atoms with Gasteiger partial charge in [-0.15, -0.1) is 23.1 Å². The maximum absolute atomic E-state index is 11.9. The van der Waals surface area contributed by atoms with Crippen molar-refractivity contribution in [1.29, 1.82) is 0 Å². The summed E-state index contributed by atoms with van der Waals surface area (Å²) in [5.74, 6) is 0.0473. The van der Waals surface area contributed by atoms with E-state index in [1.165, 1.54) is 4.90 Å². The predicted octanol–water partition coefficient (Wildman–Crippen LogP) is 4.37. The molecule has 0 radical (unpaired) electrons. The van der Waals surface area contributed by atoms with E-state index in [-0.39, 0.29) is 5.78 Å². The molecule has 86 valence electrons. The van der Waals surface area contributed by atoms with Gasteiger partial charge in [0.1, 0.15) is 0 Å². The smallest absolute Gasteiger partial charge is 0.185 e. The first-order valence-electron chi connectivity index (χ1n) is 5.19. The molecule has 2 rings (SSSR count). The Labute approximate surface area is 109 Å². The van der Waals surface area contributed by atoms with Crippen LogP contribution < -0.4 is 0 Å². The van der Waals surface area contributed by atoms with Gasteiger partial charge in [-0.3, -0.25) is 4.79 Å². The molecule has 1 heterocycles. The number of carbonyl (C=O) groups excluding carboxylic acids is 1. The average Bonchev–Trinajstić information content (AvgIpc) is 2.89. The van der Waals surface area contributed by atoms with Crippen LogP contribution in [0.25, 0.3) is 6.08 Å². The van der Waals surface area contributed by atoms with Crippen molar-refractivity contribution in [2.24, 2.45) is 0 Å². The van der Waals surface area contributed by atoms with E-state index < -0.39 is 0 Å². The van der Waals surface area contributed by atoms with Crippen LogP contribution in [0.15, 0.2) is 52.7 Å². The molecule has 0 aliphatic rings. The molecule has 0 aliphatic heterocycles. The third-order valence-corrected chi connectivity index (χ3v) is 3.90. The molecule has 0 saturated heterocycles. The fraction of sp³-hybridized carbons (Fsp3) is 0.0714. The summed E-state index contributed by atoms with van der Waals surface area (Å²) in [5.41, 5.74) is 0.732. The van der Waals surface area contributed by atoms with Crippen LogP contribution in [0.1, 0.15) is 15.2 Å². The van der Waals surface area contributed by atoms with Crippen LogP contribution in [-0.4, -0.2) is 12.0 Å². The number of thioether (sulfide) groups is 1. The van der Waals surface area contributed by atoms with Gasteiger partial charge in [-0.2, -0.15) is 0 Å². The number of thiophene rings is 1. The van der Waals surface area contributed by atoms with Crippen molar-refractivity contribution in [3.05, 3.63) is 58.3 Å². The van der Waals surface area contributed by atoms with Gasteiger partial charge in [0, 0.05) is 15.3 Å². The molecular formula is C14H12OS2. The Kier molecular flexibility index (Phi) is 4.18. The largest absolute Gasteiger partial charge is 0.289 e. The van der Waals surface area contributed by atoms with Crippen molar-refractivity contribution in [3.8, 4) is 0 Å². The molecule has 0 fully saturated rings. The van der Waals surface area contributed by atoms with Gasteiger partial charge in [0.2, 0.25) is 0 Å². The van der Waals surface area contributed by atoms with Crippen molar-refractivity contribution < 1.29 is 4.79 Å². The normalized spacial score (nSPS) is 10.9. The Balaban J connectivity index is 2.09. The minimum absolute atomic E-state index is 0.0473. The summed E-state index contributed by atoms with van der Waals surface area (Å²) in [5, 5.41) is 2.00. The lowest BCUT2D eigenvalue weighted by atomic mass is 10.1. The van der Waals surface area contributed by atoms with Gasteiger partial charge in [0.15, 0.2) is 5.78 Å². The molecule has 0 bridgehead atoms. The van der Waals surface area contributed by atoms with E-state index in [4.69, 9.17) is 0 Å². The minimum Gasteiger partial charge on any atom is -0.289 e. The van der Waals surface area contributed by atoms with E-state index in [1.54, 1.807) is 29.2 Å². The van der Waals surface area contributed by atoms with E-state index in [0.717, 1.165) is 10.4 Å². The highest BCUT2D eigenvalue weighted by molar-refractivity contribution is 7.98. The lowest BCUT2D eigenvalue weighted by Gasteiger charge is -1.98. The van der Waals surface area contributed by atoms with Gasteiger partial charge in [-0.1, -0.05) is 6.07 Å². The van der Waals surface area contributed by atoms with Gasteiger partial charge in [0.05, 0.1) is 0 Å². The van der Waals surface area contributed by atoms with Crippen LogP contribution in [0.2, 0.25) is 0 Å². The molecule has 1 aromatic heterocycles. The van der Waals surface area contributed by atoms with Crippen LogP contribution in [0.5, 0.6) is 0 Å². The topological polar surface area (TPSA) is 17.1 Å². The first kappa shape index (κ1) is 12.1. The zero-order chi connectivity index (χ0) is 12.1. The molecule has 0 aliphatic carbocycles. The van der Waals surface area contributed by atoms with Gasteiger partial charge in [-0.25, -0.2) is 0 Å². The van der Waals surface area contributed by atoms with Crippen molar-refractivity contribution in [1.82, 2.24) is 0 Å². The number of ketones is 1. The molecule has 3 heteroatoms. The third kappa shape index (κ3) is 3.32. The summed E-state index contributed by atoms with van der Waals surface area (Å²) in [6, 6.07) is 11.6. The highest BCUT2D eigenvalue weighted by Crippen LogP contribution is 2.16. The van der Waals surface area contributed by atoms with Crippen molar-refractivity contribution in [3.63, 3.8) is 0 Å². The molecule has 0 spiro atoms. The molecule has 1 nitrogen and oxygen atoms in total. The number of hydrogen-bond donors (Lipinski definition) is 0. The first-order chi connectivity index (χ1) is 8.29. The maximum Gasteiger partial charge on any atom is 0.185 e. The summed E-state index contributed by atoms with van der Waals surface area (Å²) >= 11 is 3.30. The zero-order valence-corrected chi connectivity index (χ0v) is 11.1. The summed E-state index contributed by atoms with van der Waals surface area (Å²) in [6.07, 6.45) is 5.50. The lowest BCUT2D eigenvalue weighted by Crippen LogP contribution is -1.93. The zero-order valence-electron chi connectivity index (χ0n) is 9.42. The Hall–Kier alpha value is -1.32. The van der Waals surface area contributed by atoms with E-state index in [2.05, 4.69) is 0 Å². The van der Waals surface area contributed by atoms with E-state index in [0.29, 0.717) is 0 Å². The quantitative estimate of drug-likeness (QED) is 0.461. The predicted molar refractivity (Wildman–Crippen MR) is 75.9 cm³/mol. The molecule has 2 aromatic rings.